The van der Waals surface area contributed by atoms with Gasteiger partial charge in [-0.25, -0.2) is 0 Å². The molecule has 1 heterocycles. The van der Waals surface area contributed by atoms with Crippen molar-refractivity contribution in [1.29, 1.82) is 0 Å². The molecule has 1 aromatic carbocycles. The Labute approximate surface area is 152 Å². The number of piperazine rings is 1. The largest absolute Gasteiger partial charge is 0.494 e. The molecule has 1 aliphatic rings. The van der Waals surface area contributed by atoms with Gasteiger partial charge in [0.15, 0.2) is 0 Å². The lowest BCUT2D eigenvalue weighted by Crippen LogP contribution is -2.50. The summed E-state index contributed by atoms with van der Waals surface area (Å²) in [6, 6.07) is 9.81. The van der Waals surface area contributed by atoms with E-state index in [1.54, 1.807) is 0 Å². The molecule has 0 saturated carbocycles. The summed E-state index contributed by atoms with van der Waals surface area (Å²) in [6.45, 7) is 11.7. The fraction of sp³-hybridized carbons (Fsp3) is 0.650. The number of hydrogen-bond acceptors (Lipinski definition) is 4. The van der Waals surface area contributed by atoms with E-state index in [1.165, 1.54) is 0 Å². The van der Waals surface area contributed by atoms with E-state index in [1.807, 2.05) is 42.3 Å². The van der Waals surface area contributed by atoms with E-state index in [4.69, 9.17) is 4.74 Å². The summed E-state index contributed by atoms with van der Waals surface area (Å²) in [5, 5.41) is 0. The molecule has 2 rings (SSSR count). The zero-order valence-corrected chi connectivity index (χ0v) is 16.0. The molecule has 25 heavy (non-hydrogen) atoms. The Hall–Kier alpha value is -1.59. The van der Waals surface area contributed by atoms with Crippen molar-refractivity contribution in [3.63, 3.8) is 0 Å². The van der Waals surface area contributed by atoms with Crippen LogP contribution < -0.4 is 4.74 Å². The van der Waals surface area contributed by atoms with Gasteiger partial charge < -0.3 is 14.5 Å². The fourth-order valence-electron chi connectivity index (χ4n) is 3.09. The van der Waals surface area contributed by atoms with Gasteiger partial charge in [-0.15, -0.1) is 0 Å². The number of likely N-dealkylation sites (N-methyl/N-ethyl adjacent to an activating group) is 1. The molecule has 1 aliphatic heterocycles. The van der Waals surface area contributed by atoms with E-state index in [0.717, 1.165) is 51.4 Å². The Morgan fingerprint density at radius 2 is 1.76 bits per heavy atom. The third-order valence-corrected chi connectivity index (χ3v) is 4.52. The highest BCUT2D eigenvalue weighted by atomic mass is 16.5. The maximum absolute atomic E-state index is 12.4. The van der Waals surface area contributed by atoms with Crippen LogP contribution >= 0.6 is 0 Å². The Balaban J connectivity index is 1.59. The van der Waals surface area contributed by atoms with Gasteiger partial charge in [-0.3, -0.25) is 9.69 Å². The Morgan fingerprint density at radius 3 is 2.40 bits per heavy atom. The lowest BCUT2D eigenvalue weighted by atomic mass is 10.2. The second-order valence-electron chi connectivity index (χ2n) is 7.30. The van der Waals surface area contributed by atoms with Crippen molar-refractivity contribution in [3.8, 4) is 5.75 Å². The number of ether oxygens (including phenoxy) is 1. The summed E-state index contributed by atoms with van der Waals surface area (Å²) in [6.07, 6.45) is 0.847. The monoisotopic (exact) mass is 347 g/mol. The number of hydrogen-bond donors (Lipinski definition) is 0. The van der Waals surface area contributed by atoms with Crippen LogP contribution in [0.25, 0.3) is 0 Å². The number of benzene rings is 1. The van der Waals surface area contributed by atoms with Gasteiger partial charge in [-0.05, 0) is 24.5 Å². The maximum Gasteiger partial charge on any atom is 0.236 e. The molecular formula is C20H33N3O2. The molecule has 0 atom stereocenters. The van der Waals surface area contributed by atoms with Crippen molar-refractivity contribution in [2.45, 2.75) is 20.3 Å². The summed E-state index contributed by atoms with van der Waals surface area (Å²) in [5.74, 6) is 1.80. The van der Waals surface area contributed by atoms with Crippen LogP contribution in [0.2, 0.25) is 0 Å². The molecule has 1 amide bonds. The van der Waals surface area contributed by atoms with Gasteiger partial charge in [-0.1, -0.05) is 32.0 Å². The molecule has 140 valence electrons. The van der Waals surface area contributed by atoms with Crippen LogP contribution in [-0.2, 0) is 4.79 Å². The van der Waals surface area contributed by atoms with E-state index in [-0.39, 0.29) is 5.91 Å². The topological polar surface area (TPSA) is 36.0 Å². The normalized spacial score (nSPS) is 16.2. The Kier molecular flexibility index (Phi) is 8.22. The molecule has 0 bridgehead atoms. The standard InChI is InChI=1S/C20H33N3O2/c1-18(2)16-22-11-13-23(14-12-22)17-20(24)21(3)10-7-15-25-19-8-5-4-6-9-19/h4-6,8-9,18H,7,10-17H2,1-3H3. The molecule has 1 aromatic rings. The molecule has 0 N–H and O–H groups in total. The van der Waals surface area contributed by atoms with Gasteiger partial charge >= 0.3 is 0 Å². The number of para-hydroxylation sites is 1. The van der Waals surface area contributed by atoms with Crippen molar-refractivity contribution < 1.29 is 9.53 Å². The highest BCUT2D eigenvalue weighted by Gasteiger charge is 2.20. The second kappa shape index (κ2) is 10.4. The maximum atomic E-state index is 12.4. The lowest BCUT2D eigenvalue weighted by molar-refractivity contribution is -0.131. The number of carbonyl (C=O) groups excluding carboxylic acids is 1. The highest BCUT2D eigenvalue weighted by molar-refractivity contribution is 5.77. The predicted molar refractivity (Wildman–Crippen MR) is 102 cm³/mol. The average Bonchev–Trinajstić information content (AvgIpc) is 2.60. The third-order valence-electron chi connectivity index (χ3n) is 4.52. The van der Waals surface area contributed by atoms with Crippen molar-refractivity contribution in [1.82, 2.24) is 14.7 Å². The van der Waals surface area contributed by atoms with Gasteiger partial charge in [0.1, 0.15) is 5.75 Å². The summed E-state index contributed by atoms with van der Waals surface area (Å²) in [7, 11) is 1.89. The second-order valence-corrected chi connectivity index (χ2v) is 7.30. The minimum atomic E-state index is 0.206. The van der Waals surface area contributed by atoms with Crippen LogP contribution in [0.3, 0.4) is 0 Å². The number of nitrogens with zero attached hydrogens (tertiary/aromatic N) is 3. The van der Waals surface area contributed by atoms with Gasteiger partial charge in [-0.2, -0.15) is 0 Å². The SMILES string of the molecule is CC(C)CN1CCN(CC(=O)N(C)CCCOc2ccccc2)CC1. The van der Waals surface area contributed by atoms with Crippen LogP contribution in [0.4, 0.5) is 0 Å². The minimum Gasteiger partial charge on any atom is -0.494 e. The predicted octanol–water partition coefficient (Wildman–Crippen LogP) is 2.19. The summed E-state index contributed by atoms with van der Waals surface area (Å²) in [4.78, 5) is 19.0. The Bertz CT molecular complexity index is 499. The number of rotatable bonds is 9. The van der Waals surface area contributed by atoms with Crippen LogP contribution in [-0.4, -0.2) is 80.1 Å². The molecule has 1 saturated heterocycles. The average molecular weight is 348 g/mol. The fourth-order valence-corrected chi connectivity index (χ4v) is 3.09. The first-order valence-corrected chi connectivity index (χ1v) is 9.41. The van der Waals surface area contributed by atoms with E-state index in [0.29, 0.717) is 19.1 Å². The quantitative estimate of drug-likeness (QED) is 0.642. The van der Waals surface area contributed by atoms with Gasteiger partial charge in [0.05, 0.1) is 13.2 Å². The van der Waals surface area contributed by atoms with E-state index in [9.17, 15) is 4.79 Å². The molecule has 5 heteroatoms. The summed E-state index contributed by atoms with van der Waals surface area (Å²) >= 11 is 0. The van der Waals surface area contributed by atoms with Crippen molar-refractivity contribution >= 4 is 5.91 Å². The molecule has 0 aromatic heterocycles. The first-order chi connectivity index (χ1) is 12.0. The highest BCUT2D eigenvalue weighted by Crippen LogP contribution is 2.09. The smallest absolute Gasteiger partial charge is 0.236 e. The summed E-state index contributed by atoms with van der Waals surface area (Å²) in [5.41, 5.74) is 0. The lowest BCUT2D eigenvalue weighted by Gasteiger charge is -2.35. The van der Waals surface area contributed by atoms with Crippen molar-refractivity contribution in [3.05, 3.63) is 30.3 Å². The molecule has 0 unspecified atom stereocenters. The molecule has 1 fully saturated rings. The molecule has 0 radical (unpaired) electrons. The molecule has 0 spiro atoms. The zero-order chi connectivity index (χ0) is 18.1. The number of amides is 1. The zero-order valence-electron chi connectivity index (χ0n) is 16.0. The van der Waals surface area contributed by atoms with Crippen LogP contribution in [0.5, 0.6) is 5.75 Å². The van der Waals surface area contributed by atoms with E-state index < -0.39 is 0 Å². The summed E-state index contributed by atoms with van der Waals surface area (Å²) < 4.78 is 5.68. The van der Waals surface area contributed by atoms with E-state index in [2.05, 4.69) is 23.6 Å². The van der Waals surface area contributed by atoms with Gasteiger partial charge in [0.25, 0.3) is 0 Å². The van der Waals surface area contributed by atoms with Gasteiger partial charge in [0.2, 0.25) is 5.91 Å². The first kappa shape index (κ1) is 19.7. The van der Waals surface area contributed by atoms with Crippen molar-refractivity contribution in [2.24, 2.45) is 5.92 Å². The van der Waals surface area contributed by atoms with Crippen LogP contribution in [0.15, 0.2) is 30.3 Å². The molecule has 0 aliphatic carbocycles. The Morgan fingerprint density at radius 1 is 1.12 bits per heavy atom. The number of carbonyl (C=O) groups is 1. The molecular weight excluding hydrogens is 314 g/mol. The van der Waals surface area contributed by atoms with Gasteiger partial charge in [0, 0.05) is 46.3 Å². The van der Waals surface area contributed by atoms with Crippen molar-refractivity contribution in [2.75, 3.05) is 59.5 Å². The first-order valence-electron chi connectivity index (χ1n) is 9.41. The van der Waals surface area contributed by atoms with E-state index >= 15 is 0 Å². The minimum absolute atomic E-state index is 0.206. The molecule has 5 nitrogen and oxygen atoms in total. The van der Waals surface area contributed by atoms with Crippen LogP contribution in [0.1, 0.15) is 20.3 Å². The third kappa shape index (κ3) is 7.45. The van der Waals surface area contributed by atoms with Crippen LogP contribution in [0, 0.1) is 5.92 Å².